The number of rotatable bonds is 6. The highest BCUT2D eigenvalue weighted by atomic mass is 127. The summed E-state index contributed by atoms with van der Waals surface area (Å²) in [5.41, 5.74) is 2.77. The lowest BCUT2D eigenvalue weighted by Crippen LogP contribution is -2.32. The van der Waals surface area contributed by atoms with Crippen LogP contribution >= 0.6 is 24.0 Å². The minimum Gasteiger partial charge on any atom is -0.490 e. The molecular formula is C23H27IN4O3. The van der Waals surface area contributed by atoms with E-state index >= 15 is 0 Å². The van der Waals surface area contributed by atoms with Gasteiger partial charge in [0.05, 0.1) is 31.7 Å². The lowest BCUT2D eigenvalue weighted by atomic mass is 10.2. The third kappa shape index (κ3) is 6.88. The van der Waals surface area contributed by atoms with Gasteiger partial charge in [-0.15, -0.1) is 24.0 Å². The van der Waals surface area contributed by atoms with E-state index in [1.165, 1.54) is 0 Å². The first-order valence-electron chi connectivity index (χ1n) is 10.2. The van der Waals surface area contributed by atoms with E-state index in [0.717, 1.165) is 47.2 Å². The average molecular weight is 534 g/mol. The lowest BCUT2D eigenvalue weighted by molar-refractivity contribution is 0.297. The third-order valence-electron chi connectivity index (χ3n) is 4.60. The predicted octanol–water partition coefficient (Wildman–Crippen LogP) is 4.56. The van der Waals surface area contributed by atoms with E-state index in [1.54, 1.807) is 6.26 Å². The molecule has 0 atom stereocenters. The number of furan rings is 1. The molecule has 0 fully saturated rings. The maximum atomic E-state index is 5.80. The van der Waals surface area contributed by atoms with E-state index in [0.29, 0.717) is 32.3 Å². The molecule has 1 aliphatic heterocycles. The van der Waals surface area contributed by atoms with Crippen LogP contribution in [-0.4, -0.2) is 30.7 Å². The van der Waals surface area contributed by atoms with E-state index in [2.05, 4.69) is 15.6 Å². The summed E-state index contributed by atoms with van der Waals surface area (Å²) in [6, 6.07) is 15.6. The van der Waals surface area contributed by atoms with Crippen LogP contribution in [0.2, 0.25) is 0 Å². The van der Waals surface area contributed by atoms with Crippen molar-refractivity contribution in [3.05, 3.63) is 71.9 Å². The maximum Gasteiger partial charge on any atom is 0.196 e. The minimum atomic E-state index is 0. The van der Waals surface area contributed by atoms with Crippen molar-refractivity contribution in [2.24, 2.45) is 4.99 Å². The van der Waals surface area contributed by atoms with Crippen molar-refractivity contribution in [3.8, 4) is 11.5 Å². The Morgan fingerprint density at radius 2 is 1.94 bits per heavy atom. The molecule has 4 rings (SSSR count). The number of hydrogen-bond donors (Lipinski definition) is 2. The molecule has 164 valence electrons. The first kappa shape index (κ1) is 22.9. The molecule has 0 aliphatic carbocycles. The maximum absolute atomic E-state index is 5.80. The van der Waals surface area contributed by atoms with Crippen LogP contribution in [0.4, 0.5) is 5.69 Å². The molecule has 8 heteroatoms. The molecule has 1 aromatic carbocycles. The Balaban J connectivity index is 0.00000272. The molecule has 0 spiro atoms. The number of fused-ring (bicyclic) bond motifs is 1. The van der Waals surface area contributed by atoms with Crippen molar-refractivity contribution >= 4 is 35.6 Å². The summed E-state index contributed by atoms with van der Waals surface area (Å²) in [4.78, 5) is 9.24. The lowest BCUT2D eigenvalue weighted by Gasteiger charge is -2.14. The zero-order valence-corrected chi connectivity index (χ0v) is 19.8. The van der Waals surface area contributed by atoms with Gasteiger partial charge in [0.2, 0.25) is 0 Å². The van der Waals surface area contributed by atoms with Gasteiger partial charge in [0.15, 0.2) is 17.5 Å². The van der Waals surface area contributed by atoms with E-state index in [-0.39, 0.29) is 24.0 Å². The van der Waals surface area contributed by atoms with Gasteiger partial charge in [-0.05, 0) is 43.3 Å². The number of nitrogens with one attached hydrogen (secondary N) is 2. The third-order valence-corrected chi connectivity index (χ3v) is 4.60. The Hall–Kier alpha value is -2.75. The van der Waals surface area contributed by atoms with Gasteiger partial charge in [0.25, 0.3) is 0 Å². The van der Waals surface area contributed by atoms with Gasteiger partial charge >= 0.3 is 0 Å². The summed E-state index contributed by atoms with van der Waals surface area (Å²) < 4.78 is 16.9. The normalized spacial score (nSPS) is 13.1. The molecule has 0 radical (unpaired) electrons. The van der Waals surface area contributed by atoms with Crippen molar-refractivity contribution in [2.45, 2.75) is 26.3 Å². The molecular weight excluding hydrogens is 507 g/mol. The summed E-state index contributed by atoms with van der Waals surface area (Å²) in [6.45, 7) is 4.46. The molecule has 1 aliphatic rings. The van der Waals surface area contributed by atoms with Crippen molar-refractivity contribution in [2.75, 3.05) is 25.1 Å². The van der Waals surface area contributed by atoms with Crippen LogP contribution in [0, 0.1) is 6.92 Å². The number of nitrogens with zero attached hydrogens (tertiary/aromatic N) is 2. The van der Waals surface area contributed by atoms with Crippen LogP contribution in [0.1, 0.15) is 23.6 Å². The van der Waals surface area contributed by atoms with Gasteiger partial charge in [-0.1, -0.05) is 6.07 Å². The van der Waals surface area contributed by atoms with Gasteiger partial charge < -0.3 is 24.5 Å². The highest BCUT2D eigenvalue weighted by molar-refractivity contribution is 14.0. The monoisotopic (exact) mass is 534 g/mol. The molecule has 0 saturated carbocycles. The second-order valence-corrected chi connectivity index (χ2v) is 7.03. The summed E-state index contributed by atoms with van der Waals surface area (Å²) in [5.74, 6) is 3.11. The molecule has 3 aromatic rings. The topological polar surface area (TPSA) is 80.9 Å². The molecule has 7 nitrogen and oxygen atoms in total. The predicted molar refractivity (Wildman–Crippen MR) is 132 cm³/mol. The van der Waals surface area contributed by atoms with Crippen LogP contribution in [0.15, 0.2) is 64.2 Å². The number of aliphatic imine (C=N–C) groups is 1. The van der Waals surface area contributed by atoms with Crippen LogP contribution in [0.3, 0.4) is 0 Å². The number of ether oxygens (including phenoxy) is 2. The van der Waals surface area contributed by atoms with E-state index in [9.17, 15) is 0 Å². The first-order chi connectivity index (χ1) is 14.8. The Kier molecular flexibility index (Phi) is 8.57. The second-order valence-electron chi connectivity index (χ2n) is 7.03. The average Bonchev–Trinajstić information content (AvgIpc) is 3.15. The van der Waals surface area contributed by atoms with Crippen LogP contribution in [0.5, 0.6) is 11.5 Å². The molecule has 3 heterocycles. The van der Waals surface area contributed by atoms with Crippen LogP contribution in [-0.2, 0) is 13.0 Å². The largest absolute Gasteiger partial charge is 0.490 e. The number of guanidine groups is 1. The Morgan fingerprint density at radius 1 is 1.06 bits per heavy atom. The van der Waals surface area contributed by atoms with Gasteiger partial charge in [0, 0.05) is 36.8 Å². The van der Waals surface area contributed by atoms with Crippen molar-refractivity contribution in [1.29, 1.82) is 0 Å². The summed E-state index contributed by atoms with van der Waals surface area (Å²) >= 11 is 0. The second kappa shape index (κ2) is 11.6. The summed E-state index contributed by atoms with van der Waals surface area (Å²) in [5, 5.41) is 6.72. The molecule has 0 bridgehead atoms. The highest BCUT2D eigenvalue weighted by Gasteiger charge is 2.11. The minimum absolute atomic E-state index is 0. The fourth-order valence-electron chi connectivity index (χ4n) is 3.12. The molecule has 0 saturated heterocycles. The fourth-order valence-corrected chi connectivity index (χ4v) is 3.12. The number of pyridine rings is 1. The number of aromatic nitrogens is 1. The van der Waals surface area contributed by atoms with Crippen molar-refractivity contribution in [3.63, 3.8) is 0 Å². The number of benzene rings is 1. The SMILES string of the molecule is Cc1cccc(CN=C(NCCc2ccco2)Nc2ccc3c(c2)OCCCO3)n1.I. The van der Waals surface area contributed by atoms with E-state index < -0.39 is 0 Å². The molecule has 31 heavy (non-hydrogen) atoms. The van der Waals surface area contributed by atoms with Gasteiger partial charge in [-0.2, -0.15) is 0 Å². The van der Waals surface area contributed by atoms with E-state index in [1.807, 2.05) is 55.5 Å². The number of anilines is 1. The van der Waals surface area contributed by atoms with Crippen molar-refractivity contribution in [1.82, 2.24) is 10.3 Å². The summed E-state index contributed by atoms with van der Waals surface area (Å²) in [7, 11) is 0. The first-order valence-corrected chi connectivity index (χ1v) is 10.2. The molecule has 0 unspecified atom stereocenters. The van der Waals surface area contributed by atoms with Crippen LogP contribution < -0.4 is 20.1 Å². The zero-order valence-electron chi connectivity index (χ0n) is 17.5. The Morgan fingerprint density at radius 3 is 2.74 bits per heavy atom. The molecule has 2 N–H and O–H groups in total. The standard InChI is InChI=1S/C23H26N4O3.HI/c1-17-5-2-6-19(26-17)16-25-23(24-11-10-20-7-3-12-28-20)27-18-8-9-21-22(15-18)30-14-4-13-29-21;/h2-3,5-9,12,15H,4,10-11,13-14,16H2,1H3,(H2,24,25,27);1H. The zero-order chi connectivity index (χ0) is 20.6. The number of aryl methyl sites for hydroxylation is 1. The number of hydrogen-bond acceptors (Lipinski definition) is 5. The molecule has 2 aromatic heterocycles. The Bertz CT molecular complexity index is 992. The van der Waals surface area contributed by atoms with E-state index in [4.69, 9.17) is 18.9 Å². The Labute approximate surface area is 199 Å². The van der Waals surface area contributed by atoms with Crippen molar-refractivity contribution < 1.29 is 13.9 Å². The highest BCUT2D eigenvalue weighted by Crippen LogP contribution is 2.32. The number of halogens is 1. The van der Waals surface area contributed by atoms with Gasteiger partial charge in [-0.25, -0.2) is 4.99 Å². The van der Waals surface area contributed by atoms with Crippen LogP contribution in [0.25, 0.3) is 0 Å². The smallest absolute Gasteiger partial charge is 0.196 e. The quantitative estimate of drug-likeness (QED) is 0.274. The molecule has 0 amide bonds. The van der Waals surface area contributed by atoms with Gasteiger partial charge in [0.1, 0.15) is 5.76 Å². The summed E-state index contributed by atoms with van der Waals surface area (Å²) in [6.07, 6.45) is 3.32. The van der Waals surface area contributed by atoms with Gasteiger partial charge in [-0.3, -0.25) is 4.98 Å². The fraction of sp³-hybridized carbons (Fsp3) is 0.304.